The van der Waals surface area contributed by atoms with Crippen molar-refractivity contribution in [3.8, 4) is 11.3 Å². The Balaban J connectivity index is 1.70. The lowest BCUT2D eigenvalue weighted by Crippen LogP contribution is -2.37. The zero-order chi connectivity index (χ0) is 22.5. The molecule has 3 heterocycles. The zero-order valence-corrected chi connectivity index (χ0v) is 18.4. The molecule has 170 valence electrons. The van der Waals surface area contributed by atoms with Gasteiger partial charge in [-0.2, -0.15) is 0 Å². The van der Waals surface area contributed by atoms with Crippen LogP contribution in [-0.4, -0.2) is 42.3 Å². The highest BCUT2D eigenvalue weighted by Gasteiger charge is 2.28. The molecule has 0 N–H and O–H groups in total. The van der Waals surface area contributed by atoms with E-state index in [9.17, 15) is 9.18 Å². The molecule has 1 fully saturated rings. The molecule has 0 spiro atoms. The predicted octanol–water partition coefficient (Wildman–Crippen LogP) is 4.49. The minimum absolute atomic E-state index is 0.0237. The fraction of sp³-hybridized carbons (Fsp3) is 0.417. The summed E-state index contributed by atoms with van der Waals surface area (Å²) in [4.78, 5) is 17.0. The first-order valence-corrected chi connectivity index (χ1v) is 10.9. The SMILES string of the molecule is CC(C)CC(=O)N(Cc1ccco1)Cc1c(-c2ccc(F)cc2)noc1N1CCOCC1. The molecule has 3 aromatic rings. The Labute approximate surface area is 186 Å². The number of aromatic nitrogens is 1. The molecule has 4 rings (SSSR count). The summed E-state index contributed by atoms with van der Waals surface area (Å²) in [5.41, 5.74) is 2.13. The van der Waals surface area contributed by atoms with Crippen LogP contribution in [0.1, 0.15) is 31.6 Å². The van der Waals surface area contributed by atoms with Crippen LogP contribution in [0.25, 0.3) is 11.3 Å². The molecular formula is C24H28FN3O4. The van der Waals surface area contributed by atoms with E-state index in [1.165, 1.54) is 12.1 Å². The van der Waals surface area contributed by atoms with Crippen molar-refractivity contribution < 1.29 is 22.9 Å². The van der Waals surface area contributed by atoms with Gasteiger partial charge in [0.1, 0.15) is 17.3 Å². The van der Waals surface area contributed by atoms with E-state index < -0.39 is 0 Å². The predicted molar refractivity (Wildman–Crippen MR) is 117 cm³/mol. The van der Waals surface area contributed by atoms with Gasteiger partial charge >= 0.3 is 0 Å². The molecule has 1 saturated heterocycles. The van der Waals surface area contributed by atoms with Gasteiger partial charge in [-0.1, -0.05) is 19.0 Å². The number of nitrogens with zero attached hydrogens (tertiary/aromatic N) is 3. The summed E-state index contributed by atoms with van der Waals surface area (Å²) in [5, 5.41) is 4.32. The Morgan fingerprint density at radius 3 is 2.56 bits per heavy atom. The van der Waals surface area contributed by atoms with E-state index in [1.54, 1.807) is 23.3 Å². The Hall–Kier alpha value is -3.13. The number of amides is 1. The molecule has 0 aliphatic carbocycles. The van der Waals surface area contributed by atoms with Crippen LogP contribution in [0.3, 0.4) is 0 Å². The third-order valence-corrected chi connectivity index (χ3v) is 5.39. The molecule has 0 radical (unpaired) electrons. The summed E-state index contributed by atoms with van der Waals surface area (Å²) >= 11 is 0. The third-order valence-electron chi connectivity index (χ3n) is 5.39. The lowest BCUT2D eigenvalue weighted by Gasteiger charge is -2.28. The maximum absolute atomic E-state index is 13.5. The number of halogens is 1. The molecule has 0 bridgehead atoms. The highest BCUT2D eigenvalue weighted by atomic mass is 19.1. The van der Waals surface area contributed by atoms with Crippen molar-refractivity contribution in [1.82, 2.24) is 10.1 Å². The molecule has 0 unspecified atom stereocenters. The molecule has 1 aliphatic heterocycles. The van der Waals surface area contributed by atoms with E-state index in [4.69, 9.17) is 13.7 Å². The minimum atomic E-state index is -0.321. The lowest BCUT2D eigenvalue weighted by molar-refractivity contribution is -0.133. The van der Waals surface area contributed by atoms with Crippen molar-refractivity contribution in [2.45, 2.75) is 33.4 Å². The van der Waals surface area contributed by atoms with Crippen molar-refractivity contribution in [1.29, 1.82) is 0 Å². The van der Waals surface area contributed by atoms with Crippen LogP contribution in [0.15, 0.2) is 51.6 Å². The van der Waals surface area contributed by atoms with Gasteiger partial charge in [0.2, 0.25) is 11.8 Å². The second kappa shape index (κ2) is 9.99. The summed E-state index contributed by atoms with van der Waals surface area (Å²) in [7, 11) is 0. The van der Waals surface area contributed by atoms with E-state index in [2.05, 4.69) is 10.1 Å². The van der Waals surface area contributed by atoms with Crippen LogP contribution in [0.2, 0.25) is 0 Å². The van der Waals surface area contributed by atoms with Crippen LogP contribution in [0.4, 0.5) is 10.3 Å². The maximum Gasteiger partial charge on any atom is 0.233 e. The average Bonchev–Trinajstić information content (AvgIpc) is 3.44. The second-order valence-electron chi connectivity index (χ2n) is 8.35. The first-order valence-electron chi connectivity index (χ1n) is 10.9. The molecule has 1 aliphatic rings. The van der Waals surface area contributed by atoms with E-state index in [0.717, 1.165) is 11.1 Å². The average molecular weight is 442 g/mol. The first kappa shape index (κ1) is 22.1. The number of carbonyl (C=O) groups is 1. The van der Waals surface area contributed by atoms with Gasteiger partial charge in [0, 0.05) is 25.1 Å². The van der Waals surface area contributed by atoms with Crippen molar-refractivity contribution >= 4 is 11.8 Å². The fourth-order valence-electron chi connectivity index (χ4n) is 3.78. The van der Waals surface area contributed by atoms with Crippen molar-refractivity contribution in [3.05, 3.63) is 59.8 Å². The summed E-state index contributed by atoms with van der Waals surface area (Å²) < 4.78 is 30.3. The van der Waals surface area contributed by atoms with E-state index in [-0.39, 0.29) is 17.6 Å². The fourth-order valence-corrected chi connectivity index (χ4v) is 3.78. The number of rotatable bonds is 8. The molecule has 7 nitrogen and oxygen atoms in total. The van der Waals surface area contributed by atoms with Crippen molar-refractivity contribution in [3.63, 3.8) is 0 Å². The Morgan fingerprint density at radius 1 is 1.16 bits per heavy atom. The van der Waals surface area contributed by atoms with Crippen LogP contribution in [0, 0.1) is 11.7 Å². The Morgan fingerprint density at radius 2 is 1.91 bits per heavy atom. The number of morpholine rings is 1. The van der Waals surface area contributed by atoms with Crippen LogP contribution >= 0.6 is 0 Å². The number of hydrogen-bond acceptors (Lipinski definition) is 6. The first-order chi connectivity index (χ1) is 15.5. The monoisotopic (exact) mass is 441 g/mol. The van der Waals surface area contributed by atoms with Gasteiger partial charge in [-0.15, -0.1) is 0 Å². The third kappa shape index (κ3) is 5.19. The molecule has 1 aromatic carbocycles. The molecule has 32 heavy (non-hydrogen) atoms. The Bertz CT molecular complexity index is 1010. The topological polar surface area (TPSA) is 72.0 Å². The largest absolute Gasteiger partial charge is 0.467 e. The summed E-state index contributed by atoms with van der Waals surface area (Å²) in [6, 6.07) is 9.80. The molecule has 0 saturated carbocycles. The van der Waals surface area contributed by atoms with Crippen molar-refractivity contribution in [2.75, 3.05) is 31.2 Å². The van der Waals surface area contributed by atoms with Gasteiger partial charge in [0.05, 0.1) is 38.1 Å². The van der Waals surface area contributed by atoms with E-state index in [1.807, 2.05) is 26.0 Å². The number of benzene rings is 1. The number of hydrogen-bond donors (Lipinski definition) is 0. The van der Waals surface area contributed by atoms with E-state index in [0.29, 0.717) is 63.2 Å². The lowest BCUT2D eigenvalue weighted by atomic mass is 10.1. The molecule has 1 amide bonds. The minimum Gasteiger partial charge on any atom is -0.467 e. The van der Waals surface area contributed by atoms with Crippen LogP contribution in [-0.2, 0) is 22.6 Å². The Kier molecular flexibility index (Phi) is 6.90. The second-order valence-corrected chi connectivity index (χ2v) is 8.35. The summed E-state index contributed by atoms with van der Waals surface area (Å²) in [5.74, 6) is 1.25. The van der Waals surface area contributed by atoms with Gasteiger partial charge in [0.15, 0.2) is 0 Å². The molecule has 0 atom stereocenters. The number of furan rings is 1. The van der Waals surface area contributed by atoms with Gasteiger partial charge in [-0.3, -0.25) is 4.79 Å². The van der Waals surface area contributed by atoms with Gasteiger partial charge in [-0.05, 0) is 42.3 Å². The number of anilines is 1. The molecule has 8 heteroatoms. The van der Waals surface area contributed by atoms with Gasteiger partial charge < -0.3 is 23.5 Å². The number of carbonyl (C=O) groups excluding carboxylic acids is 1. The van der Waals surface area contributed by atoms with Gasteiger partial charge in [-0.25, -0.2) is 4.39 Å². The maximum atomic E-state index is 13.5. The quantitative estimate of drug-likeness (QED) is 0.513. The molecular weight excluding hydrogens is 413 g/mol. The van der Waals surface area contributed by atoms with Gasteiger partial charge in [0.25, 0.3) is 0 Å². The highest BCUT2D eigenvalue weighted by Crippen LogP contribution is 2.33. The zero-order valence-electron chi connectivity index (χ0n) is 18.4. The van der Waals surface area contributed by atoms with Crippen LogP contribution in [0.5, 0.6) is 0 Å². The summed E-state index contributed by atoms with van der Waals surface area (Å²) in [6.45, 7) is 7.20. The van der Waals surface area contributed by atoms with Crippen molar-refractivity contribution in [2.24, 2.45) is 5.92 Å². The molecule has 2 aromatic heterocycles. The number of ether oxygens (including phenoxy) is 1. The standard InChI is InChI=1S/C24H28FN3O4/c1-17(2)14-22(29)28(15-20-4-3-11-31-20)16-21-23(18-5-7-19(25)8-6-18)26-32-24(21)27-9-12-30-13-10-27/h3-8,11,17H,9-10,12-16H2,1-2H3. The van der Waals surface area contributed by atoms with Crippen LogP contribution < -0.4 is 4.90 Å². The summed E-state index contributed by atoms with van der Waals surface area (Å²) in [6.07, 6.45) is 2.02. The highest BCUT2D eigenvalue weighted by molar-refractivity contribution is 5.77. The van der Waals surface area contributed by atoms with E-state index >= 15 is 0 Å². The normalized spacial score (nSPS) is 14.2. The smallest absolute Gasteiger partial charge is 0.233 e.